The Labute approximate surface area is 113 Å². The lowest BCUT2D eigenvalue weighted by molar-refractivity contribution is 0.0936. The van der Waals surface area contributed by atoms with Crippen molar-refractivity contribution in [2.75, 3.05) is 32.1 Å². The summed E-state index contributed by atoms with van der Waals surface area (Å²) in [5.41, 5.74) is 2.99. The van der Waals surface area contributed by atoms with Gasteiger partial charge in [0.25, 0.3) is 5.91 Å². The molecule has 1 amide bonds. The van der Waals surface area contributed by atoms with Gasteiger partial charge >= 0.3 is 0 Å². The van der Waals surface area contributed by atoms with Crippen LogP contribution >= 0.6 is 0 Å². The number of nitrogens with two attached hydrogens (primary N) is 1. The summed E-state index contributed by atoms with van der Waals surface area (Å²) in [7, 11) is 2.12. The number of aromatic nitrogens is 1. The molecule has 1 atom stereocenters. The van der Waals surface area contributed by atoms with Crippen molar-refractivity contribution in [1.29, 1.82) is 0 Å². The van der Waals surface area contributed by atoms with E-state index in [1.54, 1.807) is 12.1 Å². The highest BCUT2D eigenvalue weighted by Gasteiger charge is 2.18. The Morgan fingerprint density at radius 3 is 3.05 bits per heavy atom. The van der Waals surface area contributed by atoms with E-state index in [0.717, 1.165) is 19.6 Å². The molecule has 104 valence electrons. The molecule has 0 aliphatic carbocycles. The minimum atomic E-state index is -0.0794. The second kappa shape index (κ2) is 6.49. The first-order valence-electron chi connectivity index (χ1n) is 6.58. The van der Waals surface area contributed by atoms with Crippen molar-refractivity contribution in [3.05, 3.63) is 23.9 Å². The van der Waals surface area contributed by atoms with Gasteiger partial charge in [0.05, 0.1) is 5.56 Å². The number of likely N-dealkylation sites (tertiary alicyclic amines) is 1. The molecule has 2 rings (SSSR count). The first kappa shape index (κ1) is 13.8. The van der Waals surface area contributed by atoms with Crippen LogP contribution in [0.3, 0.4) is 0 Å². The highest BCUT2D eigenvalue weighted by molar-refractivity contribution is 5.94. The Hall–Kier alpha value is -1.66. The molecule has 1 unspecified atom stereocenters. The molecule has 0 saturated carbocycles. The van der Waals surface area contributed by atoms with Crippen LogP contribution in [-0.2, 0) is 0 Å². The monoisotopic (exact) mass is 263 g/mol. The number of hydrazine groups is 1. The second-order valence-electron chi connectivity index (χ2n) is 5.06. The van der Waals surface area contributed by atoms with Crippen LogP contribution < -0.4 is 16.6 Å². The molecule has 0 spiro atoms. The van der Waals surface area contributed by atoms with E-state index >= 15 is 0 Å². The predicted molar refractivity (Wildman–Crippen MR) is 74.6 cm³/mol. The van der Waals surface area contributed by atoms with Crippen molar-refractivity contribution >= 4 is 11.7 Å². The number of piperidine rings is 1. The van der Waals surface area contributed by atoms with E-state index in [2.05, 4.69) is 27.7 Å². The minimum absolute atomic E-state index is 0.0794. The Balaban J connectivity index is 1.83. The summed E-state index contributed by atoms with van der Waals surface area (Å²) in [5, 5.41) is 2.97. The number of anilines is 1. The van der Waals surface area contributed by atoms with E-state index in [9.17, 15) is 4.79 Å². The fourth-order valence-corrected chi connectivity index (χ4v) is 2.39. The van der Waals surface area contributed by atoms with E-state index in [4.69, 9.17) is 5.84 Å². The first-order chi connectivity index (χ1) is 9.19. The average Bonchev–Trinajstić information content (AvgIpc) is 2.45. The summed E-state index contributed by atoms with van der Waals surface area (Å²) in [5.74, 6) is 6.24. The summed E-state index contributed by atoms with van der Waals surface area (Å²) < 4.78 is 0. The molecule has 19 heavy (non-hydrogen) atoms. The molecule has 1 aromatic heterocycles. The van der Waals surface area contributed by atoms with Crippen molar-refractivity contribution in [2.24, 2.45) is 11.8 Å². The van der Waals surface area contributed by atoms with Crippen molar-refractivity contribution in [2.45, 2.75) is 12.8 Å². The number of carbonyl (C=O) groups is 1. The average molecular weight is 263 g/mol. The fourth-order valence-electron chi connectivity index (χ4n) is 2.39. The van der Waals surface area contributed by atoms with Crippen molar-refractivity contribution < 1.29 is 4.79 Å². The molecular weight excluding hydrogens is 242 g/mol. The van der Waals surface area contributed by atoms with Crippen LogP contribution in [0.2, 0.25) is 0 Å². The van der Waals surface area contributed by atoms with Gasteiger partial charge in [0.1, 0.15) is 5.82 Å². The van der Waals surface area contributed by atoms with Crippen LogP contribution in [-0.4, -0.2) is 42.5 Å². The van der Waals surface area contributed by atoms with Gasteiger partial charge in [-0.1, -0.05) is 0 Å². The molecule has 0 bridgehead atoms. The Kier molecular flexibility index (Phi) is 4.70. The standard InChI is InChI=1S/C13H21N5O/c1-18-6-2-3-10(9-18)7-16-13(19)11-4-5-12(17-14)15-8-11/h4-5,8,10H,2-3,6-7,9,14H2,1H3,(H,15,17)(H,16,19). The largest absolute Gasteiger partial charge is 0.352 e. The van der Waals surface area contributed by atoms with Crippen LogP contribution in [0.25, 0.3) is 0 Å². The Morgan fingerprint density at radius 1 is 1.58 bits per heavy atom. The minimum Gasteiger partial charge on any atom is -0.352 e. The molecule has 0 aromatic carbocycles. The number of hydrogen-bond donors (Lipinski definition) is 3. The number of pyridine rings is 1. The van der Waals surface area contributed by atoms with E-state index in [1.807, 2.05) is 0 Å². The van der Waals surface area contributed by atoms with Gasteiger partial charge in [0, 0.05) is 19.3 Å². The smallest absolute Gasteiger partial charge is 0.252 e. The first-order valence-corrected chi connectivity index (χ1v) is 6.58. The summed E-state index contributed by atoms with van der Waals surface area (Å²) in [4.78, 5) is 18.3. The van der Waals surface area contributed by atoms with Gasteiger partial charge in [0.2, 0.25) is 0 Å². The van der Waals surface area contributed by atoms with E-state index in [0.29, 0.717) is 17.3 Å². The molecule has 1 fully saturated rings. The second-order valence-corrected chi connectivity index (χ2v) is 5.06. The number of nitrogen functional groups attached to an aromatic ring is 1. The molecule has 6 nitrogen and oxygen atoms in total. The highest BCUT2D eigenvalue weighted by Crippen LogP contribution is 2.14. The zero-order valence-corrected chi connectivity index (χ0v) is 11.2. The fraction of sp³-hybridized carbons (Fsp3) is 0.538. The lowest BCUT2D eigenvalue weighted by Gasteiger charge is -2.29. The number of nitrogens with zero attached hydrogens (tertiary/aromatic N) is 2. The number of hydrogen-bond acceptors (Lipinski definition) is 5. The Morgan fingerprint density at radius 2 is 2.42 bits per heavy atom. The van der Waals surface area contributed by atoms with Crippen LogP contribution in [0.5, 0.6) is 0 Å². The number of carbonyl (C=O) groups excluding carboxylic acids is 1. The van der Waals surface area contributed by atoms with Crippen molar-refractivity contribution in [1.82, 2.24) is 15.2 Å². The molecule has 1 aromatic rings. The number of amides is 1. The highest BCUT2D eigenvalue weighted by atomic mass is 16.1. The summed E-state index contributed by atoms with van der Waals surface area (Å²) >= 11 is 0. The molecule has 2 heterocycles. The molecule has 6 heteroatoms. The molecular formula is C13H21N5O. The molecule has 4 N–H and O–H groups in total. The van der Waals surface area contributed by atoms with Crippen LogP contribution in [0.1, 0.15) is 23.2 Å². The third-order valence-corrected chi connectivity index (χ3v) is 3.45. The van der Waals surface area contributed by atoms with E-state index in [1.165, 1.54) is 19.0 Å². The van der Waals surface area contributed by atoms with Gasteiger partial charge in [-0.3, -0.25) is 4.79 Å². The normalized spacial score (nSPS) is 20.0. The van der Waals surface area contributed by atoms with Crippen LogP contribution in [0.4, 0.5) is 5.82 Å². The van der Waals surface area contributed by atoms with E-state index < -0.39 is 0 Å². The molecule has 1 aliphatic heterocycles. The maximum absolute atomic E-state index is 12.0. The zero-order chi connectivity index (χ0) is 13.7. The summed E-state index contributed by atoms with van der Waals surface area (Å²) in [6.45, 7) is 2.93. The van der Waals surface area contributed by atoms with Crippen molar-refractivity contribution in [3.63, 3.8) is 0 Å². The van der Waals surface area contributed by atoms with Crippen LogP contribution in [0, 0.1) is 5.92 Å². The van der Waals surface area contributed by atoms with Gasteiger partial charge in [-0.05, 0) is 44.5 Å². The molecule has 1 aliphatic rings. The van der Waals surface area contributed by atoms with Gasteiger partial charge in [-0.15, -0.1) is 0 Å². The molecule has 0 radical (unpaired) electrons. The maximum Gasteiger partial charge on any atom is 0.252 e. The summed E-state index contributed by atoms with van der Waals surface area (Å²) in [6.07, 6.45) is 3.91. The predicted octanol–water partition coefficient (Wildman–Crippen LogP) is 0.439. The quantitative estimate of drug-likeness (QED) is 0.542. The van der Waals surface area contributed by atoms with E-state index in [-0.39, 0.29) is 5.91 Å². The van der Waals surface area contributed by atoms with Gasteiger partial charge < -0.3 is 15.6 Å². The third-order valence-electron chi connectivity index (χ3n) is 3.45. The Bertz CT molecular complexity index is 420. The number of nitrogens with one attached hydrogen (secondary N) is 2. The lowest BCUT2D eigenvalue weighted by atomic mass is 9.98. The summed E-state index contributed by atoms with van der Waals surface area (Å²) in [6, 6.07) is 3.40. The SMILES string of the molecule is CN1CCCC(CNC(=O)c2ccc(NN)nc2)C1. The topological polar surface area (TPSA) is 83.3 Å². The van der Waals surface area contributed by atoms with Gasteiger partial charge in [-0.2, -0.15) is 0 Å². The maximum atomic E-state index is 12.0. The number of rotatable bonds is 4. The van der Waals surface area contributed by atoms with Gasteiger partial charge in [-0.25, -0.2) is 10.8 Å². The third kappa shape index (κ3) is 3.90. The van der Waals surface area contributed by atoms with Crippen molar-refractivity contribution in [3.8, 4) is 0 Å². The lowest BCUT2D eigenvalue weighted by Crippen LogP contribution is -2.39. The van der Waals surface area contributed by atoms with Gasteiger partial charge in [0.15, 0.2) is 0 Å². The zero-order valence-electron chi connectivity index (χ0n) is 11.2. The van der Waals surface area contributed by atoms with Crippen LogP contribution in [0.15, 0.2) is 18.3 Å². The molecule has 1 saturated heterocycles.